The van der Waals surface area contributed by atoms with Crippen molar-refractivity contribution >= 4 is 11.3 Å². The van der Waals surface area contributed by atoms with Crippen LogP contribution in [-0.2, 0) is 6.61 Å². The Labute approximate surface area is 115 Å². The van der Waals surface area contributed by atoms with Crippen molar-refractivity contribution in [1.29, 1.82) is 0 Å². The minimum absolute atomic E-state index is 0.303. The second kappa shape index (κ2) is 5.08. The van der Waals surface area contributed by atoms with Gasteiger partial charge in [-0.2, -0.15) is 0 Å². The summed E-state index contributed by atoms with van der Waals surface area (Å²) in [6.07, 6.45) is 1.78. The van der Waals surface area contributed by atoms with Crippen LogP contribution in [0.15, 0.2) is 42.6 Å². The van der Waals surface area contributed by atoms with Gasteiger partial charge >= 0.3 is 0 Å². The summed E-state index contributed by atoms with van der Waals surface area (Å²) in [7, 11) is 1.62. The van der Waals surface area contributed by atoms with Crippen molar-refractivity contribution in [2.75, 3.05) is 12.8 Å². The molecule has 6 nitrogen and oxygen atoms in total. The van der Waals surface area contributed by atoms with Crippen LogP contribution < -0.4 is 15.2 Å². The first kappa shape index (κ1) is 12.3. The van der Waals surface area contributed by atoms with Crippen LogP contribution in [0.2, 0.25) is 0 Å². The van der Waals surface area contributed by atoms with Gasteiger partial charge in [0.25, 0.3) is 0 Å². The van der Waals surface area contributed by atoms with Gasteiger partial charge in [-0.1, -0.05) is 6.07 Å². The highest BCUT2D eigenvalue weighted by Crippen LogP contribution is 2.20. The molecule has 3 rings (SSSR count). The first-order valence-electron chi connectivity index (χ1n) is 6.12. The molecule has 6 heteroatoms. The Morgan fingerprint density at radius 3 is 2.85 bits per heavy atom. The number of fused-ring (bicyclic) bond motifs is 1. The molecule has 1 aromatic carbocycles. The number of hydrogen-bond donors (Lipinski definition) is 1. The van der Waals surface area contributed by atoms with Gasteiger partial charge in [0.15, 0.2) is 11.5 Å². The lowest BCUT2D eigenvalue weighted by atomic mass is 10.3. The number of nitrogens with two attached hydrogens (primary N) is 1. The van der Waals surface area contributed by atoms with E-state index in [1.54, 1.807) is 19.4 Å². The summed E-state index contributed by atoms with van der Waals surface area (Å²) in [6.45, 7) is 0.303. The van der Waals surface area contributed by atoms with E-state index in [-0.39, 0.29) is 0 Å². The minimum Gasteiger partial charge on any atom is -0.497 e. The third kappa shape index (κ3) is 2.35. The van der Waals surface area contributed by atoms with Gasteiger partial charge in [0.2, 0.25) is 0 Å². The van der Waals surface area contributed by atoms with Crippen molar-refractivity contribution in [3.8, 4) is 11.5 Å². The molecule has 0 unspecified atom stereocenters. The van der Waals surface area contributed by atoms with Crippen LogP contribution in [0, 0.1) is 0 Å². The number of nitrogens with zero attached hydrogens (tertiary/aromatic N) is 3. The average molecular weight is 270 g/mol. The molecular weight excluding hydrogens is 256 g/mol. The molecule has 0 aliphatic carbocycles. The molecule has 2 heterocycles. The molecule has 0 aliphatic rings. The van der Waals surface area contributed by atoms with Crippen LogP contribution in [0.3, 0.4) is 0 Å². The molecular formula is C14H14N4O2. The largest absolute Gasteiger partial charge is 0.497 e. The highest BCUT2D eigenvalue weighted by Gasteiger charge is 2.06. The zero-order chi connectivity index (χ0) is 13.9. The lowest BCUT2D eigenvalue weighted by Gasteiger charge is -2.06. The van der Waals surface area contributed by atoms with Crippen molar-refractivity contribution in [2.45, 2.75) is 6.61 Å². The van der Waals surface area contributed by atoms with Crippen molar-refractivity contribution in [3.63, 3.8) is 0 Å². The molecule has 0 radical (unpaired) electrons. The predicted octanol–water partition coefficient (Wildman–Crippen LogP) is 1.90. The summed E-state index contributed by atoms with van der Waals surface area (Å²) in [5, 5.41) is 8.15. The quantitative estimate of drug-likeness (QED) is 0.783. The number of ether oxygens (including phenoxy) is 2. The van der Waals surface area contributed by atoms with Crippen LogP contribution in [0.25, 0.3) is 5.65 Å². The highest BCUT2D eigenvalue weighted by atomic mass is 16.5. The van der Waals surface area contributed by atoms with Gasteiger partial charge in [-0.05, 0) is 24.3 Å². The third-order valence-electron chi connectivity index (χ3n) is 2.90. The summed E-state index contributed by atoms with van der Waals surface area (Å²) in [6, 6.07) is 11.0. The van der Waals surface area contributed by atoms with Crippen molar-refractivity contribution in [3.05, 3.63) is 48.4 Å². The maximum atomic E-state index is 5.76. The van der Waals surface area contributed by atoms with E-state index in [1.807, 2.05) is 34.7 Å². The molecule has 3 aromatic rings. The summed E-state index contributed by atoms with van der Waals surface area (Å²) in [5.41, 5.74) is 7.16. The molecule has 20 heavy (non-hydrogen) atoms. The Kier molecular flexibility index (Phi) is 3.12. The zero-order valence-corrected chi connectivity index (χ0v) is 11.0. The summed E-state index contributed by atoms with van der Waals surface area (Å²) >= 11 is 0. The summed E-state index contributed by atoms with van der Waals surface area (Å²) < 4.78 is 12.7. The number of nitrogen functional groups attached to an aromatic ring is 1. The second-order valence-electron chi connectivity index (χ2n) is 4.27. The Balaban J connectivity index is 1.81. The Bertz CT molecular complexity index is 739. The number of anilines is 1. The molecule has 0 fully saturated rings. The molecule has 102 valence electrons. The maximum Gasteiger partial charge on any atom is 0.175 e. The number of methoxy groups -OCH3 is 1. The van der Waals surface area contributed by atoms with Gasteiger partial charge in [0.05, 0.1) is 7.11 Å². The topological polar surface area (TPSA) is 74.7 Å². The zero-order valence-electron chi connectivity index (χ0n) is 11.0. The number of pyridine rings is 1. The highest BCUT2D eigenvalue weighted by molar-refractivity contribution is 5.47. The summed E-state index contributed by atoms with van der Waals surface area (Å²) in [4.78, 5) is 0. The monoisotopic (exact) mass is 270 g/mol. The van der Waals surface area contributed by atoms with E-state index in [0.717, 1.165) is 11.4 Å². The van der Waals surface area contributed by atoms with E-state index in [9.17, 15) is 0 Å². The SMILES string of the molecule is COc1cccc(OCc2nnc3ccc(N)cn23)c1. The first-order valence-corrected chi connectivity index (χ1v) is 6.12. The number of hydrogen-bond acceptors (Lipinski definition) is 5. The molecule has 0 amide bonds. The smallest absolute Gasteiger partial charge is 0.175 e. The summed E-state index contributed by atoms with van der Waals surface area (Å²) in [5.74, 6) is 2.15. The van der Waals surface area contributed by atoms with E-state index in [0.29, 0.717) is 23.9 Å². The molecule has 0 aliphatic heterocycles. The number of benzene rings is 1. The van der Waals surface area contributed by atoms with E-state index < -0.39 is 0 Å². The molecule has 0 atom stereocenters. The van der Waals surface area contributed by atoms with Gasteiger partial charge in [-0.25, -0.2) is 0 Å². The van der Waals surface area contributed by atoms with Crippen LogP contribution in [-0.4, -0.2) is 21.7 Å². The standard InChI is InChI=1S/C14H14N4O2/c1-19-11-3-2-4-12(7-11)20-9-14-17-16-13-6-5-10(15)8-18(13)14/h2-8H,9,15H2,1H3. The van der Waals surface area contributed by atoms with Gasteiger partial charge in [-0.15, -0.1) is 10.2 Å². The third-order valence-corrected chi connectivity index (χ3v) is 2.90. The maximum absolute atomic E-state index is 5.76. The van der Waals surface area contributed by atoms with E-state index in [4.69, 9.17) is 15.2 Å². The van der Waals surface area contributed by atoms with Gasteiger partial charge < -0.3 is 15.2 Å². The van der Waals surface area contributed by atoms with Gasteiger partial charge in [0, 0.05) is 18.0 Å². The van der Waals surface area contributed by atoms with Crippen LogP contribution >= 0.6 is 0 Å². The van der Waals surface area contributed by atoms with E-state index in [2.05, 4.69) is 10.2 Å². The molecule has 0 saturated heterocycles. The van der Waals surface area contributed by atoms with E-state index in [1.165, 1.54) is 0 Å². The number of aromatic nitrogens is 3. The number of rotatable bonds is 4. The fourth-order valence-corrected chi connectivity index (χ4v) is 1.89. The van der Waals surface area contributed by atoms with Crippen LogP contribution in [0.4, 0.5) is 5.69 Å². The molecule has 2 N–H and O–H groups in total. The Morgan fingerprint density at radius 2 is 2.00 bits per heavy atom. The lowest BCUT2D eigenvalue weighted by Crippen LogP contribution is -2.02. The molecule has 0 saturated carbocycles. The van der Waals surface area contributed by atoms with Crippen molar-refractivity contribution < 1.29 is 9.47 Å². The normalized spacial score (nSPS) is 10.7. The predicted molar refractivity (Wildman–Crippen MR) is 74.7 cm³/mol. The van der Waals surface area contributed by atoms with Crippen molar-refractivity contribution in [2.24, 2.45) is 0 Å². The van der Waals surface area contributed by atoms with Gasteiger partial charge in [-0.3, -0.25) is 4.40 Å². The Morgan fingerprint density at radius 1 is 1.15 bits per heavy atom. The van der Waals surface area contributed by atoms with Crippen LogP contribution in [0.1, 0.15) is 5.82 Å². The van der Waals surface area contributed by atoms with Crippen LogP contribution in [0.5, 0.6) is 11.5 Å². The fraction of sp³-hybridized carbons (Fsp3) is 0.143. The lowest BCUT2D eigenvalue weighted by molar-refractivity contribution is 0.292. The molecule has 2 aromatic heterocycles. The van der Waals surface area contributed by atoms with E-state index >= 15 is 0 Å². The van der Waals surface area contributed by atoms with Crippen molar-refractivity contribution in [1.82, 2.24) is 14.6 Å². The molecule has 0 spiro atoms. The fourth-order valence-electron chi connectivity index (χ4n) is 1.89. The average Bonchev–Trinajstić information content (AvgIpc) is 2.87. The second-order valence-corrected chi connectivity index (χ2v) is 4.27. The molecule has 0 bridgehead atoms. The minimum atomic E-state index is 0.303. The Hall–Kier alpha value is -2.76. The van der Waals surface area contributed by atoms with Gasteiger partial charge in [0.1, 0.15) is 18.1 Å². The first-order chi connectivity index (χ1) is 9.76.